The Balaban J connectivity index is 0.00000400. The lowest BCUT2D eigenvalue weighted by molar-refractivity contribution is -0.127. The molecule has 1 fully saturated rings. The Labute approximate surface area is 145 Å². The highest BCUT2D eigenvalue weighted by molar-refractivity contribution is 14.0. The first-order valence-electron chi connectivity index (χ1n) is 7.35. The number of aliphatic imine (C=N–C) groups is 1. The van der Waals surface area contributed by atoms with Gasteiger partial charge in [0.1, 0.15) is 6.54 Å². The number of hydrogen-bond donors (Lipinski definition) is 2. The van der Waals surface area contributed by atoms with E-state index in [0.717, 1.165) is 26.0 Å². The molecule has 0 aliphatic carbocycles. The summed E-state index contributed by atoms with van der Waals surface area (Å²) in [5.41, 5.74) is 0. The molecular weight excluding hydrogens is 383 g/mol. The largest absolute Gasteiger partial charge is 0.376 e. The minimum Gasteiger partial charge on any atom is -0.376 e. The van der Waals surface area contributed by atoms with Gasteiger partial charge in [0.05, 0.1) is 6.10 Å². The van der Waals surface area contributed by atoms with Gasteiger partial charge in [0.15, 0.2) is 5.96 Å². The lowest BCUT2D eigenvalue weighted by Gasteiger charge is -2.24. The van der Waals surface area contributed by atoms with Crippen LogP contribution in [0.15, 0.2) is 4.99 Å². The van der Waals surface area contributed by atoms with Gasteiger partial charge in [0.2, 0.25) is 5.91 Å². The van der Waals surface area contributed by atoms with Gasteiger partial charge < -0.3 is 20.3 Å². The Bertz CT molecular complexity index is 329. The third-order valence-electron chi connectivity index (χ3n) is 3.07. The molecule has 1 atom stereocenters. The summed E-state index contributed by atoms with van der Waals surface area (Å²) in [6.45, 7) is 5.81. The fourth-order valence-electron chi connectivity index (χ4n) is 1.89. The van der Waals surface area contributed by atoms with Crippen molar-refractivity contribution in [1.29, 1.82) is 0 Å². The average molecular weight is 412 g/mol. The quantitative estimate of drug-likeness (QED) is 0.405. The Morgan fingerprint density at radius 1 is 1.38 bits per heavy atom. The monoisotopic (exact) mass is 412 g/mol. The molecule has 0 bridgehead atoms. The van der Waals surface area contributed by atoms with Crippen molar-refractivity contribution < 1.29 is 9.53 Å². The molecule has 1 unspecified atom stereocenters. The van der Waals surface area contributed by atoms with E-state index in [1.54, 1.807) is 19.0 Å². The predicted molar refractivity (Wildman–Crippen MR) is 96.3 cm³/mol. The van der Waals surface area contributed by atoms with Crippen LogP contribution in [0.2, 0.25) is 0 Å². The van der Waals surface area contributed by atoms with Crippen molar-refractivity contribution >= 4 is 35.8 Å². The lowest BCUT2D eigenvalue weighted by atomic mass is 10.1. The van der Waals surface area contributed by atoms with E-state index in [9.17, 15) is 4.79 Å². The van der Waals surface area contributed by atoms with Gasteiger partial charge in [-0.05, 0) is 33.1 Å². The molecule has 21 heavy (non-hydrogen) atoms. The van der Waals surface area contributed by atoms with E-state index in [4.69, 9.17) is 4.74 Å². The van der Waals surface area contributed by atoms with Gasteiger partial charge in [-0.3, -0.25) is 4.79 Å². The molecule has 0 aromatic carbocycles. The van der Waals surface area contributed by atoms with Gasteiger partial charge >= 0.3 is 0 Å². The number of amides is 1. The number of likely N-dealkylation sites (N-methyl/N-ethyl adjacent to an activating group) is 1. The van der Waals surface area contributed by atoms with Crippen LogP contribution in [0.3, 0.4) is 0 Å². The first-order valence-corrected chi connectivity index (χ1v) is 7.35. The number of guanidine groups is 1. The summed E-state index contributed by atoms with van der Waals surface area (Å²) >= 11 is 0. The fourth-order valence-corrected chi connectivity index (χ4v) is 1.89. The third-order valence-corrected chi connectivity index (χ3v) is 3.07. The summed E-state index contributed by atoms with van der Waals surface area (Å²) in [5.74, 6) is 0.660. The van der Waals surface area contributed by atoms with Gasteiger partial charge in [-0.1, -0.05) is 0 Å². The third kappa shape index (κ3) is 9.13. The van der Waals surface area contributed by atoms with Gasteiger partial charge in [-0.15, -0.1) is 24.0 Å². The Kier molecular flexibility index (Phi) is 10.8. The number of carbonyl (C=O) groups excluding carboxylic acids is 1. The Morgan fingerprint density at radius 3 is 2.62 bits per heavy atom. The van der Waals surface area contributed by atoms with E-state index in [1.807, 2.05) is 13.8 Å². The molecular formula is C14H29IN4O2. The molecule has 1 rings (SSSR count). The highest BCUT2D eigenvalue weighted by Gasteiger charge is 2.14. The number of halogens is 1. The molecule has 0 spiro atoms. The molecule has 0 radical (unpaired) electrons. The summed E-state index contributed by atoms with van der Waals surface area (Å²) in [6.07, 6.45) is 3.69. The average Bonchev–Trinajstić information content (AvgIpc) is 2.42. The molecule has 1 heterocycles. The van der Waals surface area contributed by atoms with Crippen molar-refractivity contribution in [3.63, 3.8) is 0 Å². The maximum atomic E-state index is 11.6. The van der Waals surface area contributed by atoms with Crippen molar-refractivity contribution in [3.05, 3.63) is 0 Å². The molecule has 0 aromatic heterocycles. The fraction of sp³-hybridized carbons (Fsp3) is 0.857. The van der Waals surface area contributed by atoms with Crippen LogP contribution in [0, 0.1) is 0 Å². The zero-order chi connectivity index (χ0) is 15.0. The molecule has 1 aliphatic heterocycles. The molecule has 2 N–H and O–H groups in total. The predicted octanol–water partition coefficient (Wildman–Crippen LogP) is 1.21. The standard InChI is InChI=1S/C14H28N4O2.HI/c1-11(2)17-14(16-10-13(19)18(3)4)15-9-12-7-5-6-8-20-12;/h11-12H,5-10H2,1-4H3,(H2,15,16,17);1H. The molecule has 1 saturated heterocycles. The normalized spacial score (nSPS) is 18.9. The minimum atomic E-state index is -0.0104. The van der Waals surface area contributed by atoms with Crippen LogP contribution in [-0.2, 0) is 9.53 Å². The zero-order valence-electron chi connectivity index (χ0n) is 13.5. The molecule has 0 aromatic rings. The highest BCUT2D eigenvalue weighted by atomic mass is 127. The van der Waals surface area contributed by atoms with E-state index in [-0.39, 0.29) is 48.6 Å². The van der Waals surface area contributed by atoms with E-state index < -0.39 is 0 Å². The summed E-state index contributed by atoms with van der Waals surface area (Å²) in [6, 6.07) is 0.267. The van der Waals surface area contributed by atoms with E-state index in [2.05, 4.69) is 15.6 Å². The van der Waals surface area contributed by atoms with Crippen molar-refractivity contribution in [3.8, 4) is 0 Å². The second-order valence-corrected chi connectivity index (χ2v) is 5.62. The topological polar surface area (TPSA) is 66.0 Å². The molecule has 0 saturated carbocycles. The van der Waals surface area contributed by atoms with Crippen molar-refractivity contribution in [2.45, 2.75) is 45.3 Å². The molecule has 7 heteroatoms. The van der Waals surface area contributed by atoms with Gasteiger partial charge in [0, 0.05) is 33.3 Å². The van der Waals surface area contributed by atoms with Gasteiger partial charge in [0.25, 0.3) is 0 Å². The molecule has 6 nitrogen and oxygen atoms in total. The number of hydrogen-bond acceptors (Lipinski definition) is 3. The number of carbonyl (C=O) groups is 1. The van der Waals surface area contributed by atoms with E-state index >= 15 is 0 Å². The highest BCUT2D eigenvalue weighted by Crippen LogP contribution is 2.11. The summed E-state index contributed by atoms with van der Waals surface area (Å²) in [4.78, 5) is 17.4. The van der Waals surface area contributed by atoms with Crippen LogP contribution in [0.1, 0.15) is 33.1 Å². The summed E-state index contributed by atoms with van der Waals surface area (Å²) in [5, 5.41) is 6.48. The van der Waals surface area contributed by atoms with Crippen molar-refractivity contribution in [1.82, 2.24) is 15.5 Å². The number of rotatable bonds is 5. The Hall–Kier alpha value is -0.570. The number of nitrogens with one attached hydrogen (secondary N) is 2. The summed E-state index contributed by atoms with van der Waals surface area (Å²) < 4.78 is 5.68. The molecule has 1 aliphatic rings. The lowest BCUT2D eigenvalue weighted by Crippen LogP contribution is -2.45. The molecule has 124 valence electrons. The van der Waals surface area contributed by atoms with Crippen molar-refractivity contribution in [2.24, 2.45) is 4.99 Å². The zero-order valence-corrected chi connectivity index (χ0v) is 15.8. The SMILES string of the molecule is CC(C)NC(=NCC(=O)N(C)C)NCC1CCCCO1.I. The number of ether oxygens (including phenoxy) is 1. The van der Waals surface area contributed by atoms with E-state index in [1.165, 1.54) is 6.42 Å². The Morgan fingerprint density at radius 2 is 2.10 bits per heavy atom. The van der Waals surface area contributed by atoms with Crippen molar-refractivity contribution in [2.75, 3.05) is 33.8 Å². The van der Waals surface area contributed by atoms with Crippen LogP contribution in [-0.4, -0.2) is 62.7 Å². The van der Waals surface area contributed by atoms with Crippen LogP contribution >= 0.6 is 24.0 Å². The van der Waals surface area contributed by atoms with Gasteiger partial charge in [-0.25, -0.2) is 4.99 Å². The first kappa shape index (κ1) is 20.4. The maximum Gasteiger partial charge on any atom is 0.243 e. The van der Waals surface area contributed by atoms with Crippen LogP contribution in [0.4, 0.5) is 0 Å². The first-order chi connectivity index (χ1) is 9.49. The van der Waals surface area contributed by atoms with Crippen LogP contribution < -0.4 is 10.6 Å². The molecule has 1 amide bonds. The number of nitrogens with zero attached hydrogens (tertiary/aromatic N) is 2. The smallest absolute Gasteiger partial charge is 0.243 e. The second kappa shape index (κ2) is 11.1. The van der Waals surface area contributed by atoms with E-state index in [0.29, 0.717) is 5.96 Å². The second-order valence-electron chi connectivity index (χ2n) is 5.62. The van der Waals surface area contributed by atoms with Gasteiger partial charge in [-0.2, -0.15) is 0 Å². The van der Waals surface area contributed by atoms with Crippen LogP contribution in [0.5, 0.6) is 0 Å². The summed E-state index contributed by atoms with van der Waals surface area (Å²) in [7, 11) is 3.47. The minimum absolute atomic E-state index is 0. The van der Waals surface area contributed by atoms with Crippen LogP contribution in [0.25, 0.3) is 0 Å². The maximum absolute atomic E-state index is 11.6.